The molecule has 0 saturated carbocycles. The van der Waals surface area contributed by atoms with E-state index in [-0.39, 0.29) is 23.0 Å². The van der Waals surface area contributed by atoms with Gasteiger partial charge in [-0.1, -0.05) is 6.07 Å². The summed E-state index contributed by atoms with van der Waals surface area (Å²) in [6, 6.07) is 4.90. The lowest BCUT2D eigenvalue weighted by Gasteiger charge is -2.13. The number of benzene rings is 1. The zero-order chi connectivity index (χ0) is 18.8. The minimum Gasteiger partial charge on any atom is -0.325 e. The Bertz CT molecular complexity index is 901. The molecule has 25 heavy (non-hydrogen) atoms. The smallest absolute Gasteiger partial charge is 0.242 e. The fourth-order valence-corrected chi connectivity index (χ4v) is 3.99. The number of aryl methyl sites for hydroxylation is 3. The number of anilines is 1. The third-order valence-electron chi connectivity index (χ3n) is 4.06. The maximum atomic E-state index is 12.7. The van der Waals surface area contributed by atoms with E-state index < -0.39 is 10.0 Å². The molecule has 136 valence electrons. The van der Waals surface area contributed by atoms with Crippen LogP contribution in [-0.4, -0.2) is 30.7 Å². The van der Waals surface area contributed by atoms with Gasteiger partial charge in [-0.25, -0.2) is 13.1 Å². The third-order valence-corrected chi connectivity index (χ3v) is 5.56. The van der Waals surface area contributed by atoms with Gasteiger partial charge in [-0.2, -0.15) is 5.10 Å². The van der Waals surface area contributed by atoms with Crippen molar-refractivity contribution in [3.63, 3.8) is 0 Å². The molecular weight excluding hydrogens is 340 g/mol. The Balaban J connectivity index is 2.19. The largest absolute Gasteiger partial charge is 0.325 e. The van der Waals surface area contributed by atoms with Gasteiger partial charge in [0.15, 0.2) is 0 Å². The molecule has 0 saturated heterocycles. The fourth-order valence-electron chi connectivity index (χ4n) is 2.71. The number of nitrogens with one attached hydrogen (secondary N) is 2. The van der Waals surface area contributed by atoms with Crippen LogP contribution in [-0.2, 0) is 28.3 Å². The second-order valence-corrected chi connectivity index (χ2v) is 7.84. The number of hydrogen-bond donors (Lipinski definition) is 2. The van der Waals surface area contributed by atoms with Crippen molar-refractivity contribution in [2.75, 3.05) is 11.9 Å². The molecule has 1 aromatic heterocycles. The molecule has 0 aliphatic rings. The summed E-state index contributed by atoms with van der Waals surface area (Å²) in [5, 5.41) is 6.90. The number of nitrogens with zero attached hydrogens (tertiary/aromatic N) is 2. The monoisotopic (exact) mass is 364 g/mol. The molecule has 7 nitrogen and oxygen atoms in total. The van der Waals surface area contributed by atoms with Gasteiger partial charge in [-0.3, -0.25) is 9.48 Å². The highest BCUT2D eigenvalue weighted by atomic mass is 32.2. The normalized spacial score (nSPS) is 11.6. The first kappa shape index (κ1) is 19.1. The average molecular weight is 364 g/mol. The number of carbonyl (C=O) groups excluding carboxylic acids is 1. The lowest BCUT2D eigenvalue weighted by Crippen LogP contribution is -2.27. The van der Waals surface area contributed by atoms with Crippen LogP contribution in [0.15, 0.2) is 23.1 Å². The molecule has 0 aliphatic heterocycles. The van der Waals surface area contributed by atoms with Gasteiger partial charge in [-0.05, 0) is 50.5 Å². The van der Waals surface area contributed by atoms with Crippen molar-refractivity contribution in [1.29, 1.82) is 0 Å². The second-order valence-electron chi connectivity index (χ2n) is 6.10. The molecular formula is C17H24N4O3S. The molecule has 0 spiro atoms. The van der Waals surface area contributed by atoms with Crippen molar-refractivity contribution in [2.24, 2.45) is 7.05 Å². The SMILES string of the molecule is CC(=O)Nc1ccc(C)cc1S(=O)(=O)NCCc1c(C)nn(C)c1C. The van der Waals surface area contributed by atoms with E-state index in [9.17, 15) is 13.2 Å². The Morgan fingerprint density at radius 1 is 1.24 bits per heavy atom. The van der Waals surface area contributed by atoms with Gasteiger partial charge >= 0.3 is 0 Å². The topological polar surface area (TPSA) is 93.1 Å². The van der Waals surface area contributed by atoms with E-state index in [4.69, 9.17) is 0 Å². The van der Waals surface area contributed by atoms with Gasteiger partial charge in [0.05, 0.1) is 11.4 Å². The van der Waals surface area contributed by atoms with Crippen LogP contribution in [0.5, 0.6) is 0 Å². The van der Waals surface area contributed by atoms with E-state index in [0.29, 0.717) is 6.42 Å². The lowest BCUT2D eigenvalue weighted by atomic mass is 10.1. The molecule has 0 atom stereocenters. The summed E-state index contributed by atoms with van der Waals surface area (Å²) in [6.45, 7) is 7.27. The molecule has 1 amide bonds. The van der Waals surface area contributed by atoms with Crippen molar-refractivity contribution in [3.8, 4) is 0 Å². The molecule has 2 rings (SSSR count). The Morgan fingerprint density at radius 2 is 1.92 bits per heavy atom. The predicted molar refractivity (Wildman–Crippen MR) is 97.1 cm³/mol. The number of sulfonamides is 1. The fraction of sp³-hybridized carbons (Fsp3) is 0.412. The summed E-state index contributed by atoms with van der Waals surface area (Å²) in [4.78, 5) is 11.4. The Morgan fingerprint density at radius 3 is 2.48 bits per heavy atom. The number of aromatic nitrogens is 2. The van der Waals surface area contributed by atoms with Gasteiger partial charge < -0.3 is 5.32 Å². The minimum absolute atomic E-state index is 0.0716. The Labute approximate surface area is 148 Å². The highest BCUT2D eigenvalue weighted by molar-refractivity contribution is 7.89. The summed E-state index contributed by atoms with van der Waals surface area (Å²) in [7, 11) is -1.88. The van der Waals surface area contributed by atoms with E-state index in [2.05, 4.69) is 15.1 Å². The van der Waals surface area contributed by atoms with E-state index in [1.54, 1.807) is 29.8 Å². The van der Waals surface area contributed by atoms with Crippen LogP contribution in [0.1, 0.15) is 29.4 Å². The number of carbonyl (C=O) groups is 1. The Kier molecular flexibility index (Phi) is 5.64. The van der Waals surface area contributed by atoms with E-state index >= 15 is 0 Å². The second kappa shape index (κ2) is 7.37. The first-order valence-electron chi connectivity index (χ1n) is 7.99. The highest BCUT2D eigenvalue weighted by Crippen LogP contribution is 2.23. The van der Waals surface area contributed by atoms with Crippen LogP contribution in [0.3, 0.4) is 0 Å². The van der Waals surface area contributed by atoms with Crippen molar-refractivity contribution in [2.45, 2.75) is 39.0 Å². The number of amides is 1. The molecule has 2 N–H and O–H groups in total. The van der Waals surface area contributed by atoms with Crippen LogP contribution in [0, 0.1) is 20.8 Å². The molecule has 8 heteroatoms. The molecule has 1 heterocycles. The van der Waals surface area contributed by atoms with Crippen LogP contribution >= 0.6 is 0 Å². The lowest BCUT2D eigenvalue weighted by molar-refractivity contribution is -0.114. The van der Waals surface area contributed by atoms with Crippen LogP contribution in [0.4, 0.5) is 5.69 Å². The summed E-state index contributed by atoms with van der Waals surface area (Å²) >= 11 is 0. The van der Waals surface area contributed by atoms with E-state index in [1.165, 1.54) is 6.92 Å². The average Bonchev–Trinajstić information content (AvgIpc) is 2.74. The summed E-state index contributed by atoms with van der Waals surface area (Å²) in [5.41, 5.74) is 4.03. The molecule has 0 aliphatic carbocycles. The zero-order valence-electron chi connectivity index (χ0n) is 15.2. The van der Waals surface area contributed by atoms with Crippen molar-refractivity contribution >= 4 is 21.6 Å². The van der Waals surface area contributed by atoms with Crippen molar-refractivity contribution in [1.82, 2.24) is 14.5 Å². The first-order valence-corrected chi connectivity index (χ1v) is 9.47. The number of hydrogen-bond acceptors (Lipinski definition) is 4. The standard InChI is InChI=1S/C17H24N4O3S/c1-11-6-7-16(19-14(4)22)17(10-11)25(23,24)18-9-8-15-12(2)20-21(5)13(15)3/h6-7,10,18H,8-9H2,1-5H3,(H,19,22). The quantitative estimate of drug-likeness (QED) is 0.818. The molecule has 0 bridgehead atoms. The number of rotatable bonds is 6. The van der Waals surface area contributed by atoms with Gasteiger partial charge in [0.25, 0.3) is 0 Å². The molecule has 0 unspecified atom stereocenters. The van der Waals surface area contributed by atoms with Crippen LogP contribution < -0.4 is 10.0 Å². The maximum absolute atomic E-state index is 12.7. The van der Waals surface area contributed by atoms with Gasteiger partial charge in [0, 0.05) is 26.2 Å². The Hall–Kier alpha value is -2.19. The first-order chi connectivity index (χ1) is 11.6. The van der Waals surface area contributed by atoms with E-state index in [1.807, 2.05) is 20.9 Å². The van der Waals surface area contributed by atoms with Gasteiger partial charge in [0.2, 0.25) is 15.9 Å². The summed E-state index contributed by atoms with van der Waals surface area (Å²) in [5.74, 6) is -0.318. The maximum Gasteiger partial charge on any atom is 0.242 e. The third kappa shape index (κ3) is 4.46. The van der Waals surface area contributed by atoms with Gasteiger partial charge in [0.1, 0.15) is 4.90 Å². The van der Waals surface area contributed by atoms with Crippen LogP contribution in [0.25, 0.3) is 0 Å². The van der Waals surface area contributed by atoms with Gasteiger partial charge in [-0.15, -0.1) is 0 Å². The highest BCUT2D eigenvalue weighted by Gasteiger charge is 2.20. The van der Waals surface area contributed by atoms with E-state index in [0.717, 1.165) is 22.5 Å². The van der Waals surface area contributed by atoms with Crippen molar-refractivity contribution < 1.29 is 13.2 Å². The van der Waals surface area contributed by atoms with Crippen LogP contribution in [0.2, 0.25) is 0 Å². The predicted octanol–water partition coefficient (Wildman–Crippen LogP) is 1.82. The molecule has 0 fully saturated rings. The molecule has 1 aromatic carbocycles. The minimum atomic E-state index is -3.74. The summed E-state index contributed by atoms with van der Waals surface area (Å²) in [6.07, 6.45) is 0.548. The van der Waals surface area contributed by atoms with Crippen molar-refractivity contribution in [3.05, 3.63) is 40.7 Å². The molecule has 2 aromatic rings. The zero-order valence-corrected chi connectivity index (χ0v) is 16.0. The molecule has 0 radical (unpaired) electrons. The summed E-state index contributed by atoms with van der Waals surface area (Å²) < 4.78 is 29.7.